The van der Waals surface area contributed by atoms with Crippen molar-refractivity contribution in [3.05, 3.63) is 22.7 Å². The highest BCUT2D eigenvalue weighted by Crippen LogP contribution is 2.24. The third-order valence-electron chi connectivity index (χ3n) is 2.13. The van der Waals surface area contributed by atoms with Gasteiger partial charge in [-0.25, -0.2) is 4.79 Å². The number of methoxy groups -OCH3 is 1. The van der Waals surface area contributed by atoms with E-state index < -0.39 is 6.04 Å². The van der Waals surface area contributed by atoms with Crippen LogP contribution in [0, 0.1) is 0 Å². The normalized spacial score (nSPS) is 11.8. The Hall–Kier alpha value is -1.23. The number of benzene rings is 1. The van der Waals surface area contributed by atoms with Crippen LogP contribution in [0.3, 0.4) is 0 Å². The van der Waals surface area contributed by atoms with Gasteiger partial charge < -0.3 is 14.8 Å². The van der Waals surface area contributed by atoms with E-state index in [1.165, 1.54) is 0 Å². The predicted octanol–water partition coefficient (Wildman–Crippen LogP) is 2.82. The fourth-order valence-electron chi connectivity index (χ4n) is 1.34. The van der Waals surface area contributed by atoms with Gasteiger partial charge in [-0.2, -0.15) is 0 Å². The van der Waals surface area contributed by atoms with Crippen LogP contribution in [0.25, 0.3) is 0 Å². The molecule has 1 atom stereocenters. The summed E-state index contributed by atoms with van der Waals surface area (Å²) in [5.74, 6) is 0.448. The first kappa shape index (κ1) is 13.8. The predicted molar refractivity (Wildman–Crippen MR) is 70.4 cm³/mol. The van der Waals surface area contributed by atoms with E-state index in [9.17, 15) is 4.79 Å². The zero-order valence-electron chi connectivity index (χ0n) is 10.1. The van der Waals surface area contributed by atoms with Gasteiger partial charge >= 0.3 is 5.97 Å². The van der Waals surface area contributed by atoms with Crippen molar-refractivity contribution in [2.75, 3.05) is 19.0 Å². The van der Waals surface area contributed by atoms with Gasteiger partial charge in [0.05, 0.1) is 13.7 Å². The number of carbonyl (C=O) groups is 1. The number of esters is 1. The standard InChI is InChI=1S/C12H16BrNO3/c1-4-17-12(15)8(2)14-10-5-9(13)6-11(7-10)16-3/h5-8,14H,4H2,1-3H3. The lowest BCUT2D eigenvalue weighted by Crippen LogP contribution is -2.28. The molecular weight excluding hydrogens is 286 g/mol. The van der Waals surface area contributed by atoms with Crippen LogP contribution >= 0.6 is 15.9 Å². The van der Waals surface area contributed by atoms with Crippen molar-refractivity contribution in [3.63, 3.8) is 0 Å². The van der Waals surface area contributed by atoms with Crippen molar-refractivity contribution in [2.45, 2.75) is 19.9 Å². The molecule has 1 rings (SSSR count). The molecule has 0 amide bonds. The van der Waals surface area contributed by atoms with E-state index in [0.29, 0.717) is 6.61 Å². The second-order valence-electron chi connectivity index (χ2n) is 3.50. The van der Waals surface area contributed by atoms with Gasteiger partial charge in [-0.15, -0.1) is 0 Å². The first-order valence-electron chi connectivity index (χ1n) is 5.34. The van der Waals surface area contributed by atoms with E-state index >= 15 is 0 Å². The van der Waals surface area contributed by atoms with E-state index in [2.05, 4.69) is 21.2 Å². The van der Waals surface area contributed by atoms with E-state index in [-0.39, 0.29) is 5.97 Å². The van der Waals surface area contributed by atoms with Crippen LogP contribution in [0.2, 0.25) is 0 Å². The molecular formula is C12H16BrNO3. The summed E-state index contributed by atoms with van der Waals surface area (Å²) in [5, 5.41) is 3.06. The highest BCUT2D eigenvalue weighted by molar-refractivity contribution is 9.10. The van der Waals surface area contributed by atoms with Crippen LogP contribution in [0.5, 0.6) is 5.75 Å². The van der Waals surface area contributed by atoms with E-state index in [0.717, 1.165) is 15.9 Å². The summed E-state index contributed by atoms with van der Waals surface area (Å²) in [6.07, 6.45) is 0. The molecule has 1 N–H and O–H groups in total. The average molecular weight is 302 g/mol. The van der Waals surface area contributed by atoms with Crippen LogP contribution in [0.4, 0.5) is 5.69 Å². The first-order valence-corrected chi connectivity index (χ1v) is 6.14. The Morgan fingerprint density at radius 2 is 2.18 bits per heavy atom. The molecule has 0 radical (unpaired) electrons. The Kier molecular flexibility index (Phi) is 5.28. The van der Waals surface area contributed by atoms with Crippen LogP contribution in [-0.4, -0.2) is 25.7 Å². The van der Waals surface area contributed by atoms with Crippen molar-refractivity contribution in [1.82, 2.24) is 0 Å². The zero-order valence-corrected chi connectivity index (χ0v) is 11.7. The number of rotatable bonds is 5. The molecule has 1 aromatic carbocycles. The minimum atomic E-state index is -0.394. The molecule has 94 valence electrons. The Morgan fingerprint density at radius 3 is 2.76 bits per heavy atom. The third-order valence-corrected chi connectivity index (χ3v) is 2.59. The van der Waals surface area contributed by atoms with Crippen molar-refractivity contribution < 1.29 is 14.3 Å². The molecule has 0 saturated heterocycles. The summed E-state index contributed by atoms with van der Waals surface area (Å²) >= 11 is 3.38. The molecule has 0 aliphatic rings. The molecule has 0 saturated carbocycles. The van der Waals surface area contributed by atoms with E-state index in [4.69, 9.17) is 9.47 Å². The second-order valence-corrected chi connectivity index (χ2v) is 4.41. The van der Waals surface area contributed by atoms with Gasteiger partial charge in [-0.3, -0.25) is 0 Å². The van der Waals surface area contributed by atoms with Gasteiger partial charge in [0.25, 0.3) is 0 Å². The lowest BCUT2D eigenvalue weighted by Gasteiger charge is -2.14. The highest BCUT2D eigenvalue weighted by Gasteiger charge is 2.13. The average Bonchev–Trinajstić information content (AvgIpc) is 2.28. The maximum Gasteiger partial charge on any atom is 0.328 e. The van der Waals surface area contributed by atoms with Crippen LogP contribution in [-0.2, 0) is 9.53 Å². The molecule has 17 heavy (non-hydrogen) atoms. The third kappa shape index (κ3) is 4.26. The van der Waals surface area contributed by atoms with Crippen molar-refractivity contribution >= 4 is 27.6 Å². The Labute approximate surface area is 109 Å². The maximum absolute atomic E-state index is 11.5. The summed E-state index contributed by atoms with van der Waals surface area (Å²) in [6, 6.07) is 5.15. The van der Waals surface area contributed by atoms with Gasteiger partial charge in [-0.05, 0) is 26.0 Å². The number of hydrogen-bond donors (Lipinski definition) is 1. The molecule has 1 unspecified atom stereocenters. The van der Waals surface area contributed by atoms with Crippen LogP contribution in [0.1, 0.15) is 13.8 Å². The number of ether oxygens (including phenoxy) is 2. The van der Waals surface area contributed by atoms with Gasteiger partial charge in [0.15, 0.2) is 0 Å². The van der Waals surface area contributed by atoms with E-state index in [1.54, 1.807) is 21.0 Å². The zero-order chi connectivity index (χ0) is 12.8. The minimum Gasteiger partial charge on any atom is -0.497 e. The van der Waals surface area contributed by atoms with Crippen molar-refractivity contribution in [3.8, 4) is 5.75 Å². The summed E-state index contributed by atoms with van der Waals surface area (Å²) in [5.41, 5.74) is 0.803. The first-order chi connectivity index (χ1) is 8.06. The fourth-order valence-corrected chi connectivity index (χ4v) is 1.81. The van der Waals surface area contributed by atoms with Crippen LogP contribution in [0.15, 0.2) is 22.7 Å². The summed E-state index contributed by atoms with van der Waals surface area (Å²) in [4.78, 5) is 11.5. The number of carbonyl (C=O) groups excluding carboxylic acids is 1. The smallest absolute Gasteiger partial charge is 0.328 e. The number of hydrogen-bond acceptors (Lipinski definition) is 4. The highest BCUT2D eigenvalue weighted by atomic mass is 79.9. The number of halogens is 1. The van der Waals surface area contributed by atoms with E-state index in [1.807, 2.05) is 18.2 Å². The lowest BCUT2D eigenvalue weighted by atomic mass is 10.2. The molecule has 0 bridgehead atoms. The lowest BCUT2D eigenvalue weighted by molar-refractivity contribution is -0.143. The van der Waals surface area contributed by atoms with Gasteiger partial charge in [0.1, 0.15) is 11.8 Å². The number of nitrogens with one attached hydrogen (secondary N) is 1. The molecule has 0 aromatic heterocycles. The molecule has 0 aliphatic carbocycles. The van der Waals surface area contributed by atoms with Crippen molar-refractivity contribution in [2.24, 2.45) is 0 Å². The maximum atomic E-state index is 11.5. The van der Waals surface area contributed by atoms with Gasteiger partial charge in [0.2, 0.25) is 0 Å². The summed E-state index contributed by atoms with van der Waals surface area (Å²) in [7, 11) is 1.60. The van der Waals surface area contributed by atoms with Crippen LogP contribution < -0.4 is 10.1 Å². The van der Waals surface area contributed by atoms with Crippen molar-refractivity contribution in [1.29, 1.82) is 0 Å². The Balaban J connectivity index is 2.73. The Morgan fingerprint density at radius 1 is 1.47 bits per heavy atom. The number of anilines is 1. The molecule has 0 spiro atoms. The quantitative estimate of drug-likeness (QED) is 0.850. The molecule has 1 aromatic rings. The SMILES string of the molecule is CCOC(=O)C(C)Nc1cc(Br)cc(OC)c1. The van der Waals surface area contributed by atoms with Gasteiger partial charge in [-0.1, -0.05) is 15.9 Å². The molecule has 0 aliphatic heterocycles. The minimum absolute atomic E-state index is 0.272. The fraction of sp³-hybridized carbons (Fsp3) is 0.417. The monoisotopic (exact) mass is 301 g/mol. The summed E-state index contributed by atoms with van der Waals surface area (Å²) < 4.78 is 10.9. The summed E-state index contributed by atoms with van der Waals surface area (Å²) in [6.45, 7) is 3.92. The Bertz CT molecular complexity index is 395. The topological polar surface area (TPSA) is 47.6 Å². The largest absolute Gasteiger partial charge is 0.497 e. The van der Waals surface area contributed by atoms with Gasteiger partial charge in [0, 0.05) is 16.2 Å². The molecule has 0 heterocycles. The molecule has 4 nitrogen and oxygen atoms in total. The molecule has 5 heteroatoms. The second kappa shape index (κ2) is 6.49. The molecule has 0 fully saturated rings.